The van der Waals surface area contributed by atoms with Crippen LogP contribution in [0.5, 0.6) is 11.5 Å². The van der Waals surface area contributed by atoms with E-state index in [2.05, 4.69) is 4.90 Å². The Bertz CT molecular complexity index is 1050. The highest BCUT2D eigenvalue weighted by Gasteiger charge is 2.50. The molecule has 2 aromatic rings. The molecule has 0 saturated carbocycles. The minimum Gasteiger partial charge on any atom is -0.497 e. The van der Waals surface area contributed by atoms with Gasteiger partial charge in [0, 0.05) is 26.1 Å². The number of rotatable bonds is 12. The number of hydrogen-bond acceptors (Lipinski definition) is 8. The summed E-state index contributed by atoms with van der Waals surface area (Å²) in [6, 6.07) is 12.9. The smallest absolute Gasteiger partial charge is 0.265 e. The van der Waals surface area contributed by atoms with Crippen LogP contribution in [0.1, 0.15) is 25.3 Å². The van der Waals surface area contributed by atoms with E-state index in [0.717, 1.165) is 32.8 Å². The van der Waals surface area contributed by atoms with E-state index in [-0.39, 0.29) is 17.7 Å². The lowest BCUT2D eigenvalue weighted by atomic mass is 9.93. The first kappa shape index (κ1) is 26.9. The summed E-state index contributed by atoms with van der Waals surface area (Å²) < 4.78 is 41.9. The molecule has 0 bridgehead atoms. The number of amides is 1. The molecule has 2 aromatic carbocycles. The second kappa shape index (κ2) is 12.3. The summed E-state index contributed by atoms with van der Waals surface area (Å²) in [5.41, 5.74) is 2.24. The first-order valence-corrected chi connectivity index (χ1v) is 13.2. The Kier molecular flexibility index (Phi) is 9.50. The number of hydrogen-bond donors (Lipinski definition) is 2. The molecule has 2 N–H and O–H groups in total. The molecule has 1 fully saturated rings. The number of nitrogens with zero attached hydrogens (tertiary/aromatic N) is 1. The standard InChI is InChI=1S/C25H34N2O7S/c1-3-12-25(24(28)26-29,35(30,31)23-10-8-21(32-2)9-11-23)19-20-4-6-22(7-5-20)34-18-15-27-13-16-33-17-14-27/h4-11,29H,3,12-19H2,1-2H3,(H,26,28). The molecule has 9 nitrogen and oxygen atoms in total. The van der Waals surface area contributed by atoms with Crippen molar-refractivity contribution < 1.29 is 32.6 Å². The molecule has 1 aliphatic heterocycles. The molecule has 10 heteroatoms. The Labute approximate surface area is 206 Å². The maximum Gasteiger partial charge on any atom is 0.265 e. The molecule has 1 atom stereocenters. The number of carbonyl (C=O) groups excluding carboxylic acids is 1. The van der Waals surface area contributed by atoms with Gasteiger partial charge < -0.3 is 14.2 Å². The molecular weight excluding hydrogens is 472 g/mol. The molecule has 3 rings (SSSR count). The van der Waals surface area contributed by atoms with Crippen molar-refractivity contribution in [2.75, 3.05) is 46.6 Å². The van der Waals surface area contributed by atoms with Crippen molar-refractivity contribution in [1.29, 1.82) is 0 Å². The van der Waals surface area contributed by atoms with Gasteiger partial charge >= 0.3 is 0 Å². The fraction of sp³-hybridized carbons (Fsp3) is 0.480. The lowest BCUT2D eigenvalue weighted by Gasteiger charge is -2.31. The zero-order chi connectivity index (χ0) is 25.3. The van der Waals surface area contributed by atoms with Crippen molar-refractivity contribution in [3.05, 3.63) is 54.1 Å². The summed E-state index contributed by atoms with van der Waals surface area (Å²) in [5, 5.41) is 9.50. The lowest BCUT2D eigenvalue weighted by molar-refractivity contribution is -0.132. The van der Waals surface area contributed by atoms with Gasteiger partial charge in [-0.15, -0.1) is 0 Å². The van der Waals surface area contributed by atoms with E-state index < -0.39 is 20.5 Å². The van der Waals surface area contributed by atoms with Gasteiger partial charge in [0.1, 0.15) is 18.1 Å². The maximum absolute atomic E-state index is 13.8. The summed E-state index contributed by atoms with van der Waals surface area (Å²) >= 11 is 0. The van der Waals surface area contributed by atoms with Gasteiger partial charge in [0.15, 0.2) is 14.6 Å². The van der Waals surface area contributed by atoms with E-state index in [1.54, 1.807) is 36.7 Å². The fourth-order valence-corrected chi connectivity index (χ4v) is 6.34. The Morgan fingerprint density at radius 3 is 2.29 bits per heavy atom. The molecular formula is C25H34N2O7S. The van der Waals surface area contributed by atoms with Gasteiger partial charge in [-0.25, -0.2) is 13.9 Å². The number of nitrogens with one attached hydrogen (secondary N) is 1. The summed E-state index contributed by atoms with van der Waals surface area (Å²) in [4.78, 5) is 15.2. The van der Waals surface area contributed by atoms with E-state index in [0.29, 0.717) is 30.1 Å². The third-order valence-corrected chi connectivity index (χ3v) is 8.70. The van der Waals surface area contributed by atoms with Crippen LogP contribution in [-0.2, 0) is 25.8 Å². The number of sulfone groups is 1. The van der Waals surface area contributed by atoms with Crippen LogP contribution in [0.25, 0.3) is 0 Å². The number of ether oxygens (including phenoxy) is 3. The van der Waals surface area contributed by atoms with Crippen molar-refractivity contribution in [2.45, 2.75) is 35.8 Å². The van der Waals surface area contributed by atoms with Crippen LogP contribution in [0, 0.1) is 0 Å². The van der Waals surface area contributed by atoms with Crippen LogP contribution >= 0.6 is 0 Å². The first-order valence-electron chi connectivity index (χ1n) is 11.7. The molecule has 1 saturated heterocycles. The highest BCUT2D eigenvalue weighted by molar-refractivity contribution is 7.93. The Balaban J connectivity index is 1.80. The van der Waals surface area contributed by atoms with Crippen LogP contribution in [0.15, 0.2) is 53.4 Å². The summed E-state index contributed by atoms with van der Waals surface area (Å²) in [7, 11) is -2.68. The third-order valence-electron chi connectivity index (χ3n) is 6.25. The quantitative estimate of drug-likeness (QED) is 0.333. The SMILES string of the molecule is CCCC(Cc1ccc(OCCN2CCOCC2)cc1)(C(=O)NO)S(=O)(=O)c1ccc(OC)cc1. The van der Waals surface area contributed by atoms with Gasteiger partial charge in [0.25, 0.3) is 5.91 Å². The normalized spacial score (nSPS) is 16.3. The van der Waals surface area contributed by atoms with Crippen molar-refractivity contribution in [3.63, 3.8) is 0 Å². The minimum absolute atomic E-state index is 0.0154. The van der Waals surface area contributed by atoms with Gasteiger partial charge in [0.2, 0.25) is 0 Å². The van der Waals surface area contributed by atoms with Crippen molar-refractivity contribution in [1.82, 2.24) is 10.4 Å². The second-order valence-electron chi connectivity index (χ2n) is 8.49. The van der Waals surface area contributed by atoms with Crippen LogP contribution in [0.3, 0.4) is 0 Å². The zero-order valence-electron chi connectivity index (χ0n) is 20.2. The lowest BCUT2D eigenvalue weighted by Crippen LogP contribution is -2.53. The summed E-state index contributed by atoms with van der Waals surface area (Å²) in [6.45, 7) is 6.35. The summed E-state index contributed by atoms with van der Waals surface area (Å²) in [5.74, 6) is 0.203. The molecule has 35 heavy (non-hydrogen) atoms. The first-order chi connectivity index (χ1) is 16.9. The molecule has 1 amide bonds. The molecule has 0 spiro atoms. The van der Waals surface area contributed by atoms with Crippen molar-refractivity contribution >= 4 is 15.7 Å². The Morgan fingerprint density at radius 1 is 1.09 bits per heavy atom. The monoisotopic (exact) mass is 506 g/mol. The van der Waals surface area contributed by atoms with Crippen LogP contribution < -0.4 is 15.0 Å². The average Bonchev–Trinajstić information content (AvgIpc) is 2.89. The largest absolute Gasteiger partial charge is 0.497 e. The molecule has 1 heterocycles. The topological polar surface area (TPSA) is 114 Å². The van der Waals surface area contributed by atoms with Gasteiger partial charge in [-0.05, 0) is 48.4 Å². The predicted octanol–water partition coefficient (Wildman–Crippen LogP) is 2.47. The van der Waals surface area contributed by atoms with Crippen LogP contribution in [-0.4, -0.2) is 75.7 Å². The minimum atomic E-state index is -4.17. The van der Waals surface area contributed by atoms with E-state index in [9.17, 15) is 18.4 Å². The van der Waals surface area contributed by atoms with E-state index in [4.69, 9.17) is 14.2 Å². The molecule has 1 aliphatic rings. The maximum atomic E-state index is 13.8. The highest BCUT2D eigenvalue weighted by atomic mass is 32.2. The number of morpholine rings is 1. The third kappa shape index (κ3) is 6.32. The van der Waals surface area contributed by atoms with E-state index in [1.807, 2.05) is 0 Å². The van der Waals surface area contributed by atoms with Crippen LogP contribution in [0.2, 0.25) is 0 Å². The predicted molar refractivity (Wildman–Crippen MR) is 131 cm³/mol. The van der Waals surface area contributed by atoms with Crippen LogP contribution in [0.4, 0.5) is 0 Å². The van der Waals surface area contributed by atoms with Crippen molar-refractivity contribution in [2.24, 2.45) is 0 Å². The summed E-state index contributed by atoms with van der Waals surface area (Å²) in [6.07, 6.45) is 0.354. The van der Waals surface area contributed by atoms with Crippen molar-refractivity contribution in [3.8, 4) is 11.5 Å². The number of hydroxylamine groups is 1. The van der Waals surface area contributed by atoms with E-state index in [1.165, 1.54) is 31.4 Å². The van der Waals surface area contributed by atoms with E-state index >= 15 is 0 Å². The number of carbonyl (C=O) groups is 1. The molecule has 0 radical (unpaired) electrons. The Hall–Kier alpha value is -2.66. The van der Waals surface area contributed by atoms with Gasteiger partial charge in [-0.3, -0.25) is 14.9 Å². The zero-order valence-corrected chi connectivity index (χ0v) is 21.1. The highest BCUT2D eigenvalue weighted by Crippen LogP contribution is 2.35. The van der Waals surface area contributed by atoms with Gasteiger partial charge in [-0.2, -0.15) is 0 Å². The van der Waals surface area contributed by atoms with Gasteiger partial charge in [0.05, 0.1) is 25.2 Å². The second-order valence-corrected chi connectivity index (χ2v) is 10.7. The molecule has 1 unspecified atom stereocenters. The molecule has 0 aliphatic carbocycles. The number of methoxy groups -OCH3 is 1. The molecule has 192 valence electrons. The Morgan fingerprint density at radius 2 is 1.71 bits per heavy atom. The fourth-order valence-electron chi connectivity index (χ4n) is 4.27. The van der Waals surface area contributed by atoms with Gasteiger partial charge in [-0.1, -0.05) is 25.5 Å². The number of benzene rings is 2. The molecule has 0 aromatic heterocycles. The average molecular weight is 507 g/mol.